The normalized spacial score (nSPS) is 26.5. The van der Waals surface area contributed by atoms with E-state index in [1.54, 1.807) is 4.90 Å². The monoisotopic (exact) mass is 335 g/mol. The molecule has 1 fully saturated rings. The lowest BCUT2D eigenvalue weighted by molar-refractivity contribution is -0.116. The van der Waals surface area contributed by atoms with Crippen LogP contribution < -0.4 is 5.32 Å². The molecule has 7 nitrogen and oxygen atoms in total. The van der Waals surface area contributed by atoms with Gasteiger partial charge in [0.25, 0.3) is 5.91 Å². The third kappa shape index (κ3) is 3.77. The molecule has 132 valence electrons. The van der Waals surface area contributed by atoms with Crippen LogP contribution in [0.5, 0.6) is 0 Å². The number of nitrogens with zero attached hydrogens (tertiary/aromatic N) is 2. The molecule has 0 unspecified atom stereocenters. The van der Waals surface area contributed by atoms with E-state index >= 15 is 0 Å². The Hall–Kier alpha value is -1.89. The third-order valence-corrected chi connectivity index (χ3v) is 4.26. The number of amides is 2. The van der Waals surface area contributed by atoms with Crippen molar-refractivity contribution < 1.29 is 19.1 Å². The van der Waals surface area contributed by atoms with E-state index in [1.807, 2.05) is 20.8 Å². The van der Waals surface area contributed by atoms with Crippen LogP contribution in [0.1, 0.15) is 40.0 Å². The second-order valence-electron chi connectivity index (χ2n) is 7.41. The van der Waals surface area contributed by atoms with Crippen LogP contribution in [0.3, 0.4) is 0 Å². The molecule has 3 aliphatic rings. The minimum absolute atomic E-state index is 0.0321. The van der Waals surface area contributed by atoms with E-state index in [0.717, 1.165) is 24.0 Å². The minimum Gasteiger partial charge on any atom is -0.444 e. The van der Waals surface area contributed by atoms with E-state index in [4.69, 9.17) is 14.5 Å². The first-order valence-electron chi connectivity index (χ1n) is 8.51. The molecule has 3 aliphatic heterocycles. The first-order valence-corrected chi connectivity index (χ1v) is 8.51. The van der Waals surface area contributed by atoms with Gasteiger partial charge in [0.05, 0.1) is 19.3 Å². The van der Waals surface area contributed by atoms with Crippen molar-refractivity contribution in [3.05, 3.63) is 11.1 Å². The maximum absolute atomic E-state index is 12.2. The number of ether oxygens (including phenoxy) is 2. The summed E-state index contributed by atoms with van der Waals surface area (Å²) in [7, 11) is 0. The zero-order valence-electron chi connectivity index (χ0n) is 14.6. The van der Waals surface area contributed by atoms with Gasteiger partial charge in [0.15, 0.2) is 0 Å². The molecule has 3 heterocycles. The number of hydrogen-bond donors (Lipinski definition) is 1. The maximum Gasteiger partial charge on any atom is 0.410 e. The number of nitrogens with one attached hydrogen (secondary N) is 1. The molecule has 1 N–H and O–H groups in total. The molecular weight excluding hydrogens is 310 g/mol. The van der Waals surface area contributed by atoms with Crippen LogP contribution in [-0.4, -0.2) is 60.7 Å². The highest BCUT2D eigenvalue weighted by atomic mass is 16.6. The summed E-state index contributed by atoms with van der Waals surface area (Å²) in [6, 6.07) is -0.0321. The predicted octanol–water partition coefficient (Wildman–Crippen LogP) is 1.63. The Labute approximate surface area is 142 Å². The molecule has 2 amide bonds. The van der Waals surface area contributed by atoms with Crippen molar-refractivity contribution in [2.45, 2.75) is 51.7 Å². The summed E-state index contributed by atoms with van der Waals surface area (Å²) in [5, 5.41) is 2.85. The van der Waals surface area contributed by atoms with Crippen LogP contribution in [0.25, 0.3) is 0 Å². The molecule has 7 heteroatoms. The highest BCUT2D eigenvalue weighted by Gasteiger charge is 2.33. The summed E-state index contributed by atoms with van der Waals surface area (Å²) in [6.45, 7) is 7.77. The Balaban J connectivity index is 1.68. The van der Waals surface area contributed by atoms with Gasteiger partial charge in [-0.05, 0) is 33.6 Å². The summed E-state index contributed by atoms with van der Waals surface area (Å²) >= 11 is 0. The maximum atomic E-state index is 12.2. The molecule has 1 saturated heterocycles. The number of carbonyl (C=O) groups is 2. The summed E-state index contributed by atoms with van der Waals surface area (Å²) in [4.78, 5) is 30.6. The lowest BCUT2D eigenvalue weighted by Crippen LogP contribution is -2.44. The van der Waals surface area contributed by atoms with Crippen LogP contribution in [0.15, 0.2) is 16.1 Å². The fraction of sp³-hybridized carbons (Fsp3) is 0.706. The van der Waals surface area contributed by atoms with Crippen molar-refractivity contribution in [1.82, 2.24) is 10.2 Å². The number of piperidine rings is 1. The smallest absolute Gasteiger partial charge is 0.410 e. The van der Waals surface area contributed by atoms with E-state index in [2.05, 4.69) is 5.32 Å². The summed E-state index contributed by atoms with van der Waals surface area (Å²) in [5.74, 6) is 0.553. The Bertz CT molecular complexity index is 603. The quantitative estimate of drug-likeness (QED) is 0.790. The van der Waals surface area contributed by atoms with Gasteiger partial charge in [-0.2, -0.15) is 0 Å². The molecule has 0 aromatic heterocycles. The lowest BCUT2D eigenvalue weighted by Gasteiger charge is -2.32. The standard InChI is InChI=1S/C17H25N3O4/c1-17(2,3)24-16(22)20-7-4-5-11(9-20)18-14-13-10-23-8-6-12(13)15(21)19-14/h11H,4-10H2,1-3H3,(H,18,19,21)/t11-/m1/s1. The fourth-order valence-corrected chi connectivity index (χ4v) is 3.15. The number of carbonyl (C=O) groups excluding carboxylic acids is 2. The second-order valence-corrected chi connectivity index (χ2v) is 7.41. The van der Waals surface area contributed by atoms with E-state index in [9.17, 15) is 9.59 Å². The van der Waals surface area contributed by atoms with Crippen molar-refractivity contribution in [2.75, 3.05) is 26.3 Å². The zero-order chi connectivity index (χ0) is 17.3. The van der Waals surface area contributed by atoms with Crippen LogP contribution in [-0.2, 0) is 14.3 Å². The topological polar surface area (TPSA) is 80.2 Å². The molecule has 3 rings (SSSR count). The average molecular weight is 335 g/mol. The number of likely N-dealkylation sites (tertiary alicyclic amines) is 1. The lowest BCUT2D eigenvalue weighted by atomic mass is 10.0. The number of aliphatic imine (C=N–C) groups is 1. The van der Waals surface area contributed by atoms with Crippen LogP contribution in [0, 0.1) is 0 Å². The van der Waals surface area contributed by atoms with Crippen molar-refractivity contribution >= 4 is 17.8 Å². The molecule has 0 bridgehead atoms. The van der Waals surface area contributed by atoms with Gasteiger partial charge in [0.1, 0.15) is 11.4 Å². The molecule has 0 aliphatic carbocycles. The van der Waals surface area contributed by atoms with E-state index in [1.165, 1.54) is 0 Å². The molecule has 0 aromatic rings. The molecule has 0 spiro atoms. The van der Waals surface area contributed by atoms with Crippen LogP contribution in [0.4, 0.5) is 4.79 Å². The minimum atomic E-state index is -0.505. The van der Waals surface area contributed by atoms with Gasteiger partial charge < -0.3 is 19.7 Å². The molecule has 0 radical (unpaired) electrons. The number of rotatable bonds is 1. The number of amidine groups is 1. The fourth-order valence-electron chi connectivity index (χ4n) is 3.15. The van der Waals surface area contributed by atoms with Gasteiger partial charge in [-0.15, -0.1) is 0 Å². The second kappa shape index (κ2) is 6.55. The van der Waals surface area contributed by atoms with Crippen molar-refractivity contribution in [3.8, 4) is 0 Å². The SMILES string of the molecule is CC(C)(C)OC(=O)N1CCC[C@@H](N=C2NC(=O)C3=C2COCC3)C1. The average Bonchev–Trinajstić information content (AvgIpc) is 2.83. The summed E-state index contributed by atoms with van der Waals surface area (Å²) in [6.07, 6.45) is 2.09. The molecular formula is C17H25N3O4. The highest BCUT2D eigenvalue weighted by molar-refractivity contribution is 6.21. The Morgan fingerprint density at radius 3 is 2.92 bits per heavy atom. The Kier molecular flexibility index (Phi) is 4.62. The van der Waals surface area contributed by atoms with Crippen molar-refractivity contribution in [2.24, 2.45) is 4.99 Å². The summed E-state index contributed by atoms with van der Waals surface area (Å²) in [5.41, 5.74) is 1.16. The Morgan fingerprint density at radius 2 is 2.17 bits per heavy atom. The van der Waals surface area contributed by atoms with E-state index < -0.39 is 5.60 Å². The number of hydrogen-bond acceptors (Lipinski definition) is 5. The van der Waals surface area contributed by atoms with Gasteiger partial charge in [-0.3, -0.25) is 9.79 Å². The highest BCUT2D eigenvalue weighted by Crippen LogP contribution is 2.24. The Morgan fingerprint density at radius 1 is 1.38 bits per heavy atom. The first-order chi connectivity index (χ1) is 11.3. The van der Waals surface area contributed by atoms with E-state index in [-0.39, 0.29) is 18.0 Å². The van der Waals surface area contributed by atoms with Gasteiger partial charge in [-0.1, -0.05) is 0 Å². The van der Waals surface area contributed by atoms with Gasteiger partial charge in [-0.25, -0.2) is 4.79 Å². The van der Waals surface area contributed by atoms with Crippen molar-refractivity contribution in [1.29, 1.82) is 0 Å². The van der Waals surface area contributed by atoms with Gasteiger partial charge in [0.2, 0.25) is 0 Å². The molecule has 0 aromatic carbocycles. The van der Waals surface area contributed by atoms with Gasteiger partial charge >= 0.3 is 6.09 Å². The molecule has 24 heavy (non-hydrogen) atoms. The largest absolute Gasteiger partial charge is 0.444 e. The van der Waals surface area contributed by atoms with E-state index in [0.29, 0.717) is 38.6 Å². The van der Waals surface area contributed by atoms with Gasteiger partial charge in [0, 0.05) is 30.7 Å². The summed E-state index contributed by atoms with van der Waals surface area (Å²) < 4.78 is 10.9. The molecule has 1 atom stereocenters. The molecule has 0 saturated carbocycles. The van der Waals surface area contributed by atoms with Crippen molar-refractivity contribution in [3.63, 3.8) is 0 Å². The first kappa shape index (κ1) is 17.0. The van der Waals surface area contributed by atoms with Crippen LogP contribution >= 0.6 is 0 Å². The predicted molar refractivity (Wildman–Crippen MR) is 88.9 cm³/mol. The van der Waals surface area contributed by atoms with Crippen LogP contribution in [0.2, 0.25) is 0 Å². The zero-order valence-corrected chi connectivity index (χ0v) is 14.6. The third-order valence-electron chi connectivity index (χ3n) is 4.26.